The zero-order valence-corrected chi connectivity index (χ0v) is 8.00. The van der Waals surface area contributed by atoms with Gasteiger partial charge in [0.2, 0.25) is 0 Å². The molecule has 0 aliphatic heterocycles. The molecular formula is C6H17NOSi. The van der Waals surface area contributed by atoms with E-state index in [-0.39, 0.29) is 0 Å². The summed E-state index contributed by atoms with van der Waals surface area (Å²) in [6.45, 7) is 6.33. The number of likely N-dealkylation sites (N-methyl/N-ethyl adjacent to an activating group) is 1. The van der Waals surface area contributed by atoms with Crippen LogP contribution in [0.3, 0.4) is 0 Å². The highest BCUT2D eigenvalue weighted by Gasteiger charge is 1.94. The number of hydrogen-bond donors (Lipinski definition) is 0. The molecule has 0 saturated carbocycles. The summed E-state index contributed by atoms with van der Waals surface area (Å²) < 4.78 is 5.45. The van der Waals surface area contributed by atoms with E-state index in [4.69, 9.17) is 4.43 Å². The lowest BCUT2D eigenvalue weighted by molar-refractivity contribution is 0.265. The van der Waals surface area contributed by atoms with Gasteiger partial charge >= 0.3 is 0 Å². The SMILES string of the molecule is CN(C)CCO[SiH](C)C. The molecule has 0 aromatic heterocycles. The minimum absolute atomic E-state index is 0.756. The Morgan fingerprint density at radius 2 is 1.89 bits per heavy atom. The van der Waals surface area contributed by atoms with Crippen LogP contribution >= 0.6 is 0 Å². The Kier molecular flexibility index (Phi) is 5.04. The molecule has 0 aromatic rings. The van der Waals surface area contributed by atoms with Gasteiger partial charge in [-0.15, -0.1) is 0 Å². The van der Waals surface area contributed by atoms with E-state index in [0.29, 0.717) is 0 Å². The van der Waals surface area contributed by atoms with Crippen LogP contribution in [-0.2, 0) is 4.43 Å². The molecule has 0 spiro atoms. The topological polar surface area (TPSA) is 12.5 Å². The molecule has 0 aliphatic rings. The van der Waals surface area contributed by atoms with Gasteiger partial charge < -0.3 is 9.33 Å². The lowest BCUT2D eigenvalue weighted by Gasteiger charge is -2.10. The molecule has 9 heavy (non-hydrogen) atoms. The van der Waals surface area contributed by atoms with Crippen molar-refractivity contribution in [3.05, 3.63) is 0 Å². The van der Waals surface area contributed by atoms with Crippen molar-refractivity contribution in [1.29, 1.82) is 0 Å². The average Bonchev–Trinajstić information content (AvgIpc) is 1.63. The molecule has 3 heteroatoms. The fourth-order valence-corrected chi connectivity index (χ4v) is 1.05. The molecule has 0 N–H and O–H groups in total. The van der Waals surface area contributed by atoms with Gasteiger partial charge in [-0.2, -0.15) is 0 Å². The van der Waals surface area contributed by atoms with Crippen molar-refractivity contribution in [3.8, 4) is 0 Å². The summed E-state index contributed by atoms with van der Waals surface area (Å²) in [7, 11) is 3.37. The monoisotopic (exact) mass is 147 g/mol. The highest BCUT2D eigenvalue weighted by Crippen LogP contribution is 1.83. The third kappa shape index (κ3) is 8.14. The normalized spacial score (nSPS) is 11.3. The van der Waals surface area contributed by atoms with Gasteiger partial charge in [0.15, 0.2) is 9.04 Å². The maximum absolute atomic E-state index is 5.45. The first-order chi connectivity index (χ1) is 4.13. The molecule has 56 valence electrons. The van der Waals surface area contributed by atoms with E-state index in [2.05, 4.69) is 32.1 Å². The molecule has 0 saturated heterocycles. The molecule has 0 amide bonds. The van der Waals surface area contributed by atoms with Crippen molar-refractivity contribution in [2.45, 2.75) is 13.1 Å². The Balaban J connectivity index is 2.91. The number of hydrogen-bond acceptors (Lipinski definition) is 2. The van der Waals surface area contributed by atoms with Crippen molar-refractivity contribution in [1.82, 2.24) is 4.90 Å². The van der Waals surface area contributed by atoms with Crippen LogP contribution in [0.1, 0.15) is 0 Å². The maximum Gasteiger partial charge on any atom is 0.170 e. The average molecular weight is 147 g/mol. The van der Waals surface area contributed by atoms with E-state index in [9.17, 15) is 0 Å². The second kappa shape index (κ2) is 4.96. The molecular weight excluding hydrogens is 130 g/mol. The van der Waals surface area contributed by atoms with Crippen LogP contribution in [0.4, 0.5) is 0 Å². The van der Waals surface area contributed by atoms with Crippen LogP contribution in [-0.4, -0.2) is 41.2 Å². The standard InChI is InChI=1S/C6H17NOSi/c1-7(2)5-6-8-9(3)4/h9H,5-6H2,1-4H3. The zero-order chi connectivity index (χ0) is 7.28. The fraction of sp³-hybridized carbons (Fsp3) is 1.00. The summed E-state index contributed by atoms with van der Waals surface area (Å²) in [6.07, 6.45) is 0. The fourth-order valence-electron chi connectivity index (χ4n) is 0.471. The minimum Gasteiger partial charge on any atom is -0.419 e. The van der Waals surface area contributed by atoms with E-state index >= 15 is 0 Å². The van der Waals surface area contributed by atoms with Crippen molar-refractivity contribution in [2.75, 3.05) is 27.2 Å². The zero-order valence-electron chi connectivity index (χ0n) is 6.85. The summed E-state index contributed by atoms with van der Waals surface area (Å²) in [5.41, 5.74) is 0. The first kappa shape index (κ1) is 9.14. The second-order valence-corrected chi connectivity index (χ2v) is 5.15. The van der Waals surface area contributed by atoms with Gasteiger partial charge in [-0.3, -0.25) is 0 Å². The van der Waals surface area contributed by atoms with Crippen molar-refractivity contribution in [3.63, 3.8) is 0 Å². The largest absolute Gasteiger partial charge is 0.419 e. The Bertz CT molecular complexity index is 58.1. The van der Waals surface area contributed by atoms with Gasteiger partial charge in [0.05, 0.1) is 0 Å². The third-order valence-corrected chi connectivity index (χ3v) is 1.89. The molecule has 0 rings (SSSR count). The highest BCUT2D eigenvalue weighted by molar-refractivity contribution is 6.48. The maximum atomic E-state index is 5.45. The molecule has 0 heterocycles. The lowest BCUT2D eigenvalue weighted by Crippen LogP contribution is -2.21. The van der Waals surface area contributed by atoms with Crippen molar-refractivity contribution in [2.24, 2.45) is 0 Å². The molecule has 0 atom stereocenters. The predicted molar refractivity (Wildman–Crippen MR) is 43.4 cm³/mol. The van der Waals surface area contributed by atoms with Gasteiger partial charge in [0, 0.05) is 13.2 Å². The summed E-state index contributed by atoms with van der Waals surface area (Å²) >= 11 is 0. The Morgan fingerprint density at radius 3 is 2.22 bits per heavy atom. The molecule has 0 bridgehead atoms. The highest BCUT2D eigenvalue weighted by atomic mass is 28.3. The van der Waals surface area contributed by atoms with Crippen LogP contribution < -0.4 is 0 Å². The number of rotatable bonds is 4. The molecule has 0 radical (unpaired) electrons. The second-order valence-electron chi connectivity index (χ2n) is 2.72. The molecule has 0 fully saturated rings. The summed E-state index contributed by atoms with van der Waals surface area (Å²) in [5, 5.41) is 0. The van der Waals surface area contributed by atoms with E-state index in [1.165, 1.54) is 0 Å². The van der Waals surface area contributed by atoms with Crippen LogP contribution in [0.5, 0.6) is 0 Å². The third-order valence-electron chi connectivity index (χ3n) is 0.990. The Labute approximate surface area is 59.5 Å². The predicted octanol–water partition coefficient (Wildman–Crippen LogP) is 0.548. The van der Waals surface area contributed by atoms with Crippen molar-refractivity contribution < 1.29 is 4.43 Å². The van der Waals surface area contributed by atoms with Gasteiger partial charge in [-0.1, -0.05) is 0 Å². The first-order valence-corrected chi connectivity index (χ1v) is 6.17. The van der Waals surface area contributed by atoms with Crippen molar-refractivity contribution >= 4 is 9.04 Å². The van der Waals surface area contributed by atoms with E-state index in [1.54, 1.807) is 0 Å². The summed E-state index contributed by atoms with van der Waals surface area (Å²) in [5.74, 6) is 0. The van der Waals surface area contributed by atoms with Gasteiger partial charge in [0.1, 0.15) is 0 Å². The van der Waals surface area contributed by atoms with Gasteiger partial charge in [-0.05, 0) is 27.2 Å². The smallest absolute Gasteiger partial charge is 0.170 e. The molecule has 2 nitrogen and oxygen atoms in total. The van der Waals surface area contributed by atoms with E-state index < -0.39 is 9.04 Å². The summed E-state index contributed by atoms with van der Waals surface area (Å²) in [4.78, 5) is 2.14. The van der Waals surface area contributed by atoms with Gasteiger partial charge in [-0.25, -0.2) is 0 Å². The quantitative estimate of drug-likeness (QED) is 0.538. The number of nitrogens with zero attached hydrogens (tertiary/aromatic N) is 1. The van der Waals surface area contributed by atoms with Gasteiger partial charge in [0.25, 0.3) is 0 Å². The minimum atomic E-state index is -0.756. The van der Waals surface area contributed by atoms with E-state index in [1.807, 2.05) is 0 Å². The summed E-state index contributed by atoms with van der Waals surface area (Å²) in [6, 6.07) is 0. The Hall–Kier alpha value is 0.137. The van der Waals surface area contributed by atoms with E-state index in [0.717, 1.165) is 13.2 Å². The first-order valence-electron chi connectivity index (χ1n) is 3.39. The lowest BCUT2D eigenvalue weighted by atomic mass is 10.6. The Morgan fingerprint density at radius 1 is 1.33 bits per heavy atom. The molecule has 0 unspecified atom stereocenters. The van der Waals surface area contributed by atoms with Crippen LogP contribution in [0, 0.1) is 0 Å². The van der Waals surface area contributed by atoms with Crippen LogP contribution in [0.15, 0.2) is 0 Å². The molecule has 0 aliphatic carbocycles. The van der Waals surface area contributed by atoms with Crippen LogP contribution in [0.2, 0.25) is 13.1 Å². The molecule has 0 aromatic carbocycles. The van der Waals surface area contributed by atoms with Crippen LogP contribution in [0.25, 0.3) is 0 Å².